The van der Waals surface area contributed by atoms with Crippen molar-refractivity contribution in [1.82, 2.24) is 10.6 Å². The topological polar surface area (TPSA) is 67.1 Å². The van der Waals surface area contributed by atoms with Crippen LogP contribution < -0.4 is 16.4 Å². The van der Waals surface area contributed by atoms with Crippen LogP contribution in [0.2, 0.25) is 0 Å². The first-order valence-corrected chi connectivity index (χ1v) is 7.58. The van der Waals surface area contributed by atoms with E-state index >= 15 is 0 Å². The van der Waals surface area contributed by atoms with Gasteiger partial charge >= 0.3 is 0 Å². The van der Waals surface area contributed by atoms with Crippen molar-refractivity contribution in [2.75, 3.05) is 0 Å². The van der Waals surface area contributed by atoms with Gasteiger partial charge in [0.25, 0.3) is 0 Å². The van der Waals surface area contributed by atoms with Crippen LogP contribution in [0.3, 0.4) is 0 Å². The van der Waals surface area contributed by atoms with Crippen LogP contribution in [-0.4, -0.2) is 23.0 Å². The molecule has 2 rings (SSSR count). The van der Waals surface area contributed by atoms with Crippen LogP contribution in [0.4, 0.5) is 0 Å². The molecule has 0 radical (unpaired) electrons. The Labute approximate surface area is 127 Å². The van der Waals surface area contributed by atoms with E-state index in [1.54, 1.807) is 12.1 Å². The fourth-order valence-corrected chi connectivity index (χ4v) is 3.52. The van der Waals surface area contributed by atoms with Crippen LogP contribution in [-0.2, 0) is 6.54 Å². The maximum atomic E-state index is 11.1. The van der Waals surface area contributed by atoms with Gasteiger partial charge in [0.2, 0.25) is 5.91 Å². The average molecular weight is 289 g/mol. The monoisotopic (exact) mass is 289 g/mol. The molecule has 0 saturated carbocycles. The van der Waals surface area contributed by atoms with Gasteiger partial charge in [-0.1, -0.05) is 12.1 Å². The largest absolute Gasteiger partial charge is 0.366 e. The molecule has 1 amide bonds. The fraction of sp³-hybridized carbons (Fsp3) is 0.588. The lowest BCUT2D eigenvalue weighted by Gasteiger charge is -2.46. The van der Waals surface area contributed by atoms with E-state index in [0.717, 1.165) is 19.4 Å². The summed E-state index contributed by atoms with van der Waals surface area (Å²) >= 11 is 0. The van der Waals surface area contributed by atoms with Crippen molar-refractivity contribution in [2.24, 2.45) is 5.73 Å². The molecule has 0 spiro atoms. The van der Waals surface area contributed by atoms with Gasteiger partial charge in [0.05, 0.1) is 0 Å². The predicted molar refractivity (Wildman–Crippen MR) is 86.1 cm³/mol. The summed E-state index contributed by atoms with van der Waals surface area (Å²) in [6, 6.07) is 7.99. The van der Waals surface area contributed by atoms with Crippen LogP contribution in [0, 0.1) is 0 Å². The normalized spacial score (nSPS) is 21.1. The number of piperidine rings is 1. The highest BCUT2D eigenvalue weighted by atomic mass is 16.1. The fourth-order valence-electron chi connectivity index (χ4n) is 3.52. The van der Waals surface area contributed by atoms with Crippen LogP contribution in [0.1, 0.15) is 56.5 Å². The second kappa shape index (κ2) is 5.78. The van der Waals surface area contributed by atoms with Gasteiger partial charge in [-0.05, 0) is 58.2 Å². The molecule has 0 aliphatic carbocycles. The third kappa shape index (κ3) is 4.55. The first-order chi connectivity index (χ1) is 9.67. The Morgan fingerprint density at radius 2 is 1.71 bits per heavy atom. The first-order valence-electron chi connectivity index (χ1n) is 7.58. The Balaban J connectivity index is 1.94. The Morgan fingerprint density at radius 1 is 1.19 bits per heavy atom. The van der Waals surface area contributed by atoms with E-state index in [-0.39, 0.29) is 17.0 Å². The molecule has 1 aromatic rings. The van der Waals surface area contributed by atoms with Gasteiger partial charge in [0.15, 0.2) is 0 Å². The van der Waals surface area contributed by atoms with Gasteiger partial charge in [-0.15, -0.1) is 0 Å². The summed E-state index contributed by atoms with van der Waals surface area (Å²) < 4.78 is 0. The number of hydrogen-bond donors (Lipinski definition) is 3. The Morgan fingerprint density at radius 3 is 2.19 bits per heavy atom. The van der Waals surface area contributed by atoms with E-state index in [4.69, 9.17) is 5.73 Å². The molecule has 1 saturated heterocycles. The summed E-state index contributed by atoms with van der Waals surface area (Å²) in [5.74, 6) is -0.378. The zero-order valence-corrected chi connectivity index (χ0v) is 13.5. The van der Waals surface area contributed by atoms with Gasteiger partial charge in [0.1, 0.15) is 0 Å². The molecule has 0 bridgehead atoms. The third-order valence-electron chi connectivity index (χ3n) is 4.02. The zero-order chi connectivity index (χ0) is 15.7. The van der Waals surface area contributed by atoms with E-state index in [1.165, 1.54) is 5.56 Å². The number of rotatable bonds is 4. The summed E-state index contributed by atoms with van der Waals surface area (Å²) in [6.45, 7) is 9.83. The summed E-state index contributed by atoms with van der Waals surface area (Å²) in [6.07, 6.45) is 2.21. The average Bonchev–Trinajstić information content (AvgIpc) is 2.33. The number of nitrogens with two attached hydrogens (primary N) is 1. The summed E-state index contributed by atoms with van der Waals surface area (Å²) in [4.78, 5) is 11.1. The smallest absolute Gasteiger partial charge is 0.248 e. The minimum absolute atomic E-state index is 0.148. The van der Waals surface area contributed by atoms with E-state index in [2.05, 4.69) is 38.3 Å². The number of nitrogens with one attached hydrogen (secondary N) is 2. The van der Waals surface area contributed by atoms with Crippen molar-refractivity contribution in [1.29, 1.82) is 0 Å². The molecule has 0 atom stereocenters. The van der Waals surface area contributed by atoms with E-state index in [0.29, 0.717) is 11.6 Å². The molecule has 116 valence electrons. The minimum atomic E-state index is -0.378. The zero-order valence-electron chi connectivity index (χ0n) is 13.5. The quantitative estimate of drug-likeness (QED) is 0.796. The van der Waals surface area contributed by atoms with Crippen molar-refractivity contribution in [3.8, 4) is 0 Å². The molecule has 4 N–H and O–H groups in total. The molecule has 1 heterocycles. The Kier molecular flexibility index (Phi) is 4.40. The SMILES string of the molecule is CC1(C)CC(NCc2ccc(C(N)=O)cc2)CC(C)(C)N1. The highest BCUT2D eigenvalue weighted by Gasteiger charge is 2.37. The summed E-state index contributed by atoms with van der Waals surface area (Å²) in [5, 5.41) is 7.33. The summed E-state index contributed by atoms with van der Waals surface area (Å²) in [5.41, 5.74) is 7.28. The molecular formula is C17H27N3O. The van der Waals surface area contributed by atoms with E-state index in [1.807, 2.05) is 12.1 Å². The molecule has 0 aromatic heterocycles. The van der Waals surface area contributed by atoms with Crippen molar-refractivity contribution < 1.29 is 4.79 Å². The second-order valence-corrected chi connectivity index (χ2v) is 7.44. The highest BCUT2D eigenvalue weighted by Crippen LogP contribution is 2.28. The van der Waals surface area contributed by atoms with Crippen LogP contribution in [0.25, 0.3) is 0 Å². The predicted octanol–water partition coefficient (Wildman–Crippen LogP) is 2.18. The van der Waals surface area contributed by atoms with Crippen LogP contribution >= 0.6 is 0 Å². The highest BCUT2D eigenvalue weighted by molar-refractivity contribution is 5.92. The van der Waals surface area contributed by atoms with Crippen molar-refractivity contribution >= 4 is 5.91 Å². The van der Waals surface area contributed by atoms with Crippen LogP contribution in [0.5, 0.6) is 0 Å². The number of hydrogen-bond acceptors (Lipinski definition) is 3. The number of amides is 1. The minimum Gasteiger partial charge on any atom is -0.366 e. The summed E-state index contributed by atoms with van der Waals surface area (Å²) in [7, 11) is 0. The third-order valence-corrected chi connectivity index (χ3v) is 4.02. The number of carbonyl (C=O) groups excluding carboxylic acids is 1. The van der Waals surface area contributed by atoms with Gasteiger partial charge in [-0.25, -0.2) is 0 Å². The lowest BCUT2D eigenvalue weighted by Crippen LogP contribution is -2.61. The second-order valence-electron chi connectivity index (χ2n) is 7.44. The Bertz CT molecular complexity index is 489. The molecule has 1 aliphatic heterocycles. The van der Waals surface area contributed by atoms with Crippen molar-refractivity contribution in [3.05, 3.63) is 35.4 Å². The van der Waals surface area contributed by atoms with Crippen molar-refractivity contribution in [3.63, 3.8) is 0 Å². The van der Waals surface area contributed by atoms with Gasteiger partial charge in [-0.3, -0.25) is 4.79 Å². The first kappa shape index (κ1) is 16.0. The maximum absolute atomic E-state index is 11.1. The molecule has 4 nitrogen and oxygen atoms in total. The molecule has 1 aliphatic rings. The van der Waals surface area contributed by atoms with E-state index in [9.17, 15) is 4.79 Å². The molecule has 1 fully saturated rings. The van der Waals surface area contributed by atoms with Gasteiger partial charge in [-0.2, -0.15) is 0 Å². The molecule has 21 heavy (non-hydrogen) atoms. The molecule has 4 heteroatoms. The maximum Gasteiger partial charge on any atom is 0.248 e. The standard InChI is InChI=1S/C17H27N3O/c1-16(2)9-14(10-17(3,4)20-16)19-11-12-5-7-13(8-6-12)15(18)21/h5-8,14,19-20H,9-11H2,1-4H3,(H2,18,21). The number of carbonyl (C=O) groups is 1. The van der Waals surface area contributed by atoms with Crippen LogP contribution in [0.15, 0.2) is 24.3 Å². The lowest BCUT2D eigenvalue weighted by atomic mass is 9.79. The van der Waals surface area contributed by atoms with Gasteiger partial charge < -0.3 is 16.4 Å². The molecular weight excluding hydrogens is 262 g/mol. The van der Waals surface area contributed by atoms with Gasteiger partial charge in [0, 0.05) is 29.2 Å². The molecule has 0 unspecified atom stereocenters. The number of primary amides is 1. The lowest BCUT2D eigenvalue weighted by molar-refractivity contribution is 0.1000. The molecule has 1 aromatic carbocycles. The number of benzene rings is 1. The Hall–Kier alpha value is -1.39. The van der Waals surface area contributed by atoms with E-state index < -0.39 is 0 Å². The van der Waals surface area contributed by atoms with Crippen molar-refractivity contribution in [2.45, 2.75) is 64.2 Å².